The number of aliphatic hydroxyl groups is 1. The molecule has 0 radical (unpaired) electrons. The van der Waals surface area contributed by atoms with Crippen LogP contribution in [0.2, 0.25) is 0 Å². The van der Waals surface area contributed by atoms with E-state index in [0.717, 1.165) is 24.3 Å². The van der Waals surface area contributed by atoms with Crippen LogP contribution in [0.3, 0.4) is 0 Å². The lowest BCUT2D eigenvalue weighted by Gasteiger charge is -2.39. The van der Waals surface area contributed by atoms with E-state index in [0.29, 0.717) is 19.4 Å². The minimum Gasteiger partial charge on any atom is -0.386 e. The molecule has 7 heteroatoms. The lowest BCUT2D eigenvalue weighted by molar-refractivity contribution is -0.122. The molecule has 0 saturated carbocycles. The Morgan fingerprint density at radius 1 is 1.38 bits per heavy atom. The Morgan fingerprint density at radius 2 is 2.27 bits per heavy atom. The normalized spacial score (nSPS) is 20.0. The second-order valence-corrected chi connectivity index (χ2v) is 6.72. The predicted molar refractivity (Wildman–Crippen MR) is 96.2 cm³/mol. The number of hydrogen-bond donors (Lipinski definition) is 2. The molecule has 1 aromatic carbocycles. The minimum atomic E-state index is -0.996. The number of nitrogens with zero attached hydrogens (tertiary/aromatic N) is 3. The monoisotopic (exact) mass is 358 g/mol. The molecule has 1 aliphatic heterocycles. The van der Waals surface area contributed by atoms with E-state index in [1.807, 2.05) is 4.90 Å². The first kappa shape index (κ1) is 18.3. The van der Waals surface area contributed by atoms with Crippen molar-refractivity contribution in [3.8, 4) is 0 Å². The molecule has 1 amide bonds. The number of aromatic nitrogens is 2. The highest BCUT2D eigenvalue weighted by atomic mass is 19.1. The van der Waals surface area contributed by atoms with Gasteiger partial charge in [-0.25, -0.2) is 9.37 Å². The molecule has 0 unspecified atom stereocenters. The summed E-state index contributed by atoms with van der Waals surface area (Å²) in [5, 5.41) is 13.6. The van der Waals surface area contributed by atoms with E-state index in [4.69, 9.17) is 0 Å². The van der Waals surface area contributed by atoms with Gasteiger partial charge < -0.3 is 15.3 Å². The molecule has 2 heterocycles. The quantitative estimate of drug-likeness (QED) is 0.822. The van der Waals surface area contributed by atoms with Crippen LogP contribution in [0.1, 0.15) is 24.8 Å². The van der Waals surface area contributed by atoms with Crippen LogP contribution in [-0.2, 0) is 11.2 Å². The van der Waals surface area contributed by atoms with Gasteiger partial charge in [-0.1, -0.05) is 12.1 Å². The summed E-state index contributed by atoms with van der Waals surface area (Å²) in [6.07, 6.45) is 7.06. The van der Waals surface area contributed by atoms with Crippen molar-refractivity contribution in [2.45, 2.75) is 31.3 Å². The second-order valence-electron chi connectivity index (χ2n) is 6.72. The fraction of sp³-hybridized carbons (Fsp3) is 0.421. The molecule has 2 aromatic rings. The van der Waals surface area contributed by atoms with E-state index in [2.05, 4.69) is 15.3 Å². The SMILES string of the molecule is O=C(CCc1cccc(F)c1)NC[C@]1(O)CCCN(c2cnccn2)C1. The molecule has 138 valence electrons. The van der Waals surface area contributed by atoms with E-state index in [1.165, 1.54) is 12.1 Å². The van der Waals surface area contributed by atoms with Gasteiger partial charge in [-0.15, -0.1) is 0 Å². The van der Waals surface area contributed by atoms with Crippen LogP contribution >= 0.6 is 0 Å². The average molecular weight is 358 g/mol. The topological polar surface area (TPSA) is 78.4 Å². The highest BCUT2D eigenvalue weighted by molar-refractivity contribution is 5.76. The number of hydrogen-bond acceptors (Lipinski definition) is 5. The Hall–Kier alpha value is -2.54. The zero-order valence-electron chi connectivity index (χ0n) is 14.6. The van der Waals surface area contributed by atoms with Crippen LogP contribution in [0.15, 0.2) is 42.9 Å². The van der Waals surface area contributed by atoms with Crippen molar-refractivity contribution in [1.82, 2.24) is 15.3 Å². The Labute approximate surface area is 152 Å². The molecule has 0 spiro atoms. The number of piperidine rings is 1. The number of carbonyl (C=O) groups is 1. The van der Waals surface area contributed by atoms with Gasteiger partial charge >= 0.3 is 0 Å². The molecule has 26 heavy (non-hydrogen) atoms. The van der Waals surface area contributed by atoms with Gasteiger partial charge in [-0.05, 0) is 37.0 Å². The Morgan fingerprint density at radius 3 is 3.04 bits per heavy atom. The van der Waals surface area contributed by atoms with Gasteiger partial charge in [0.25, 0.3) is 0 Å². The number of carbonyl (C=O) groups excluding carboxylic acids is 1. The number of β-amino-alcohol motifs (C(OH)–C–C–N with tert-alkyl or cyclic N) is 1. The largest absolute Gasteiger partial charge is 0.386 e. The van der Waals surface area contributed by atoms with Gasteiger partial charge in [0, 0.05) is 38.4 Å². The van der Waals surface area contributed by atoms with Gasteiger partial charge in [0.15, 0.2) is 0 Å². The number of aryl methyl sites for hydroxylation is 1. The second kappa shape index (κ2) is 8.23. The van der Waals surface area contributed by atoms with Crippen molar-refractivity contribution in [3.05, 3.63) is 54.2 Å². The van der Waals surface area contributed by atoms with E-state index < -0.39 is 5.60 Å². The fourth-order valence-electron chi connectivity index (χ4n) is 3.21. The number of halogens is 1. The van der Waals surface area contributed by atoms with Crippen molar-refractivity contribution in [2.75, 3.05) is 24.5 Å². The number of amides is 1. The molecule has 1 atom stereocenters. The number of nitrogens with one attached hydrogen (secondary N) is 1. The van der Waals surface area contributed by atoms with Crippen molar-refractivity contribution < 1.29 is 14.3 Å². The van der Waals surface area contributed by atoms with Crippen LogP contribution in [0.25, 0.3) is 0 Å². The smallest absolute Gasteiger partial charge is 0.220 e. The van der Waals surface area contributed by atoms with Gasteiger partial charge in [-0.3, -0.25) is 9.78 Å². The zero-order valence-corrected chi connectivity index (χ0v) is 14.6. The Kier molecular flexibility index (Phi) is 5.78. The molecular formula is C19H23FN4O2. The fourth-order valence-corrected chi connectivity index (χ4v) is 3.21. The van der Waals surface area contributed by atoms with Crippen LogP contribution < -0.4 is 10.2 Å². The van der Waals surface area contributed by atoms with Gasteiger partial charge in [0.1, 0.15) is 11.6 Å². The highest BCUT2D eigenvalue weighted by Gasteiger charge is 2.34. The molecule has 2 N–H and O–H groups in total. The molecular weight excluding hydrogens is 335 g/mol. The maximum absolute atomic E-state index is 13.2. The number of rotatable bonds is 6. The summed E-state index contributed by atoms with van der Waals surface area (Å²) in [4.78, 5) is 22.4. The molecule has 3 rings (SSSR count). The summed E-state index contributed by atoms with van der Waals surface area (Å²) in [7, 11) is 0. The van der Waals surface area contributed by atoms with E-state index in [-0.39, 0.29) is 24.7 Å². The van der Waals surface area contributed by atoms with E-state index in [9.17, 15) is 14.3 Å². The molecule has 1 saturated heterocycles. The van der Waals surface area contributed by atoms with Crippen LogP contribution in [0, 0.1) is 5.82 Å². The summed E-state index contributed by atoms with van der Waals surface area (Å²) in [6, 6.07) is 6.24. The standard InChI is InChI=1S/C19H23FN4O2/c20-16-4-1-3-15(11-16)5-6-18(25)23-13-19(26)7-2-10-24(14-19)17-12-21-8-9-22-17/h1,3-4,8-9,11-12,26H,2,5-7,10,13-14H2,(H,23,25)/t19-/m1/s1. The molecule has 0 bridgehead atoms. The zero-order chi connectivity index (χ0) is 18.4. The van der Waals surface area contributed by atoms with Crippen molar-refractivity contribution in [3.63, 3.8) is 0 Å². The van der Waals surface area contributed by atoms with Crippen molar-refractivity contribution >= 4 is 11.7 Å². The summed E-state index contributed by atoms with van der Waals surface area (Å²) in [5.74, 6) is 0.269. The molecule has 6 nitrogen and oxygen atoms in total. The molecule has 1 aromatic heterocycles. The predicted octanol–water partition coefficient (Wildman–Crippen LogP) is 1.70. The maximum atomic E-state index is 13.2. The third-order valence-corrected chi connectivity index (χ3v) is 4.57. The first-order valence-electron chi connectivity index (χ1n) is 8.79. The minimum absolute atomic E-state index is 0.153. The number of benzene rings is 1. The highest BCUT2D eigenvalue weighted by Crippen LogP contribution is 2.24. The first-order chi connectivity index (χ1) is 12.5. The Bertz CT molecular complexity index is 743. The van der Waals surface area contributed by atoms with Crippen LogP contribution in [0.5, 0.6) is 0 Å². The van der Waals surface area contributed by atoms with Crippen LogP contribution in [0.4, 0.5) is 10.2 Å². The Balaban J connectivity index is 1.49. The van der Waals surface area contributed by atoms with Crippen LogP contribution in [-0.4, -0.2) is 46.2 Å². The van der Waals surface area contributed by atoms with E-state index in [1.54, 1.807) is 30.7 Å². The third kappa shape index (κ3) is 4.98. The van der Waals surface area contributed by atoms with Gasteiger partial charge in [0.2, 0.25) is 5.91 Å². The summed E-state index contributed by atoms with van der Waals surface area (Å²) >= 11 is 0. The lowest BCUT2D eigenvalue weighted by atomic mass is 9.92. The average Bonchev–Trinajstić information content (AvgIpc) is 2.66. The number of anilines is 1. The van der Waals surface area contributed by atoms with Gasteiger partial charge in [0.05, 0.1) is 11.8 Å². The summed E-state index contributed by atoms with van der Waals surface area (Å²) < 4.78 is 13.2. The molecule has 1 fully saturated rings. The third-order valence-electron chi connectivity index (χ3n) is 4.57. The maximum Gasteiger partial charge on any atom is 0.220 e. The first-order valence-corrected chi connectivity index (χ1v) is 8.79. The summed E-state index contributed by atoms with van der Waals surface area (Å²) in [5.41, 5.74) is -0.213. The molecule has 1 aliphatic rings. The summed E-state index contributed by atoms with van der Waals surface area (Å²) in [6.45, 7) is 1.39. The van der Waals surface area contributed by atoms with Crippen molar-refractivity contribution in [1.29, 1.82) is 0 Å². The van der Waals surface area contributed by atoms with Gasteiger partial charge in [-0.2, -0.15) is 0 Å². The molecule has 0 aliphatic carbocycles. The van der Waals surface area contributed by atoms with Crippen molar-refractivity contribution in [2.24, 2.45) is 0 Å². The lowest BCUT2D eigenvalue weighted by Crippen LogP contribution is -2.54. The van der Waals surface area contributed by atoms with E-state index >= 15 is 0 Å².